The van der Waals surface area contributed by atoms with Gasteiger partial charge in [-0.15, -0.1) is 5.10 Å². The SMILES string of the molecule is CCCCCc1cc2c(c(O)c1C(=O)NCC1=NN=NC1)C1C=C(C)CCC1C(C)(C)O2. The molecule has 172 valence electrons. The normalized spacial score (nSPS) is 23.0. The van der Waals surface area contributed by atoms with Gasteiger partial charge in [0, 0.05) is 17.4 Å². The maximum Gasteiger partial charge on any atom is 0.255 e. The number of allylic oxidation sites excluding steroid dienone is 2. The first-order valence-electron chi connectivity index (χ1n) is 11.8. The van der Waals surface area contributed by atoms with Crippen LogP contribution in [-0.2, 0) is 6.42 Å². The Bertz CT molecular complexity index is 993. The molecule has 0 aromatic heterocycles. The van der Waals surface area contributed by atoms with Gasteiger partial charge < -0.3 is 15.2 Å². The minimum Gasteiger partial charge on any atom is -0.507 e. The summed E-state index contributed by atoms with van der Waals surface area (Å²) in [6, 6.07) is 1.99. The Kier molecular flexibility index (Phi) is 6.35. The van der Waals surface area contributed by atoms with Gasteiger partial charge in [-0.25, -0.2) is 0 Å². The second-order valence-electron chi connectivity index (χ2n) is 9.76. The number of fused-ring (bicyclic) bond motifs is 3. The van der Waals surface area contributed by atoms with Crippen LogP contribution in [0.25, 0.3) is 0 Å². The number of benzene rings is 1. The molecule has 1 aromatic rings. The Hall–Kier alpha value is -2.70. The predicted molar refractivity (Wildman–Crippen MR) is 125 cm³/mol. The highest BCUT2D eigenvalue weighted by Gasteiger charge is 2.46. The van der Waals surface area contributed by atoms with E-state index in [9.17, 15) is 9.90 Å². The standard InChI is InChI=1S/C25H34N4O3/c1-5-6-7-8-16-12-20-22(18-11-15(2)9-10-19(18)25(3,4)32-20)23(30)21(16)24(31)26-13-17-14-27-29-28-17/h11-12,18-19,30H,5-10,13-14H2,1-4H3,(H,26,31). The molecular formula is C25H34N4O3. The van der Waals surface area contributed by atoms with Crippen LogP contribution in [0.3, 0.4) is 0 Å². The molecule has 32 heavy (non-hydrogen) atoms. The summed E-state index contributed by atoms with van der Waals surface area (Å²) in [5.74, 6) is 0.772. The molecule has 0 bridgehead atoms. The van der Waals surface area contributed by atoms with Crippen LogP contribution in [-0.4, -0.2) is 35.4 Å². The average Bonchev–Trinajstić information content (AvgIpc) is 3.25. The topological polar surface area (TPSA) is 95.6 Å². The number of nitrogens with zero attached hydrogens (tertiary/aromatic N) is 3. The second kappa shape index (κ2) is 9.04. The molecule has 1 aromatic carbocycles. The van der Waals surface area contributed by atoms with Crippen LogP contribution < -0.4 is 10.1 Å². The zero-order chi connectivity index (χ0) is 22.9. The minimum atomic E-state index is -0.334. The Labute approximate surface area is 190 Å². The van der Waals surface area contributed by atoms with E-state index in [4.69, 9.17) is 4.74 Å². The van der Waals surface area contributed by atoms with E-state index in [0.717, 1.165) is 49.7 Å². The van der Waals surface area contributed by atoms with Gasteiger partial charge in [-0.3, -0.25) is 4.79 Å². The van der Waals surface area contributed by atoms with Crippen molar-refractivity contribution in [2.75, 3.05) is 13.1 Å². The molecule has 2 heterocycles. The lowest BCUT2D eigenvalue weighted by Gasteiger charge is -2.46. The summed E-state index contributed by atoms with van der Waals surface area (Å²) in [5.41, 5.74) is 3.64. The van der Waals surface area contributed by atoms with Crippen molar-refractivity contribution in [3.8, 4) is 11.5 Å². The molecule has 0 saturated carbocycles. The number of nitrogens with one attached hydrogen (secondary N) is 1. The number of aromatic hydroxyl groups is 1. The molecule has 7 nitrogen and oxygen atoms in total. The molecule has 2 aliphatic heterocycles. The molecule has 2 atom stereocenters. The highest BCUT2D eigenvalue weighted by molar-refractivity contribution is 6.02. The van der Waals surface area contributed by atoms with Crippen LogP contribution in [0.1, 0.15) is 87.2 Å². The third-order valence-electron chi connectivity index (χ3n) is 6.96. The van der Waals surface area contributed by atoms with Gasteiger partial charge in [0.1, 0.15) is 23.6 Å². The van der Waals surface area contributed by atoms with Crippen LogP contribution >= 0.6 is 0 Å². The van der Waals surface area contributed by atoms with Crippen molar-refractivity contribution in [2.24, 2.45) is 21.4 Å². The summed E-state index contributed by atoms with van der Waals surface area (Å²) >= 11 is 0. The Balaban J connectivity index is 1.75. The van der Waals surface area contributed by atoms with E-state index >= 15 is 0 Å². The number of aryl methyl sites for hydroxylation is 1. The summed E-state index contributed by atoms with van der Waals surface area (Å²) in [5, 5.41) is 25.8. The summed E-state index contributed by atoms with van der Waals surface area (Å²) in [6.45, 7) is 9.23. The van der Waals surface area contributed by atoms with Gasteiger partial charge >= 0.3 is 0 Å². The van der Waals surface area contributed by atoms with Crippen molar-refractivity contribution in [2.45, 2.75) is 77.7 Å². The number of hydrogen-bond acceptors (Lipinski definition) is 6. The third kappa shape index (κ3) is 4.30. The number of ether oxygens (including phenoxy) is 1. The van der Waals surface area contributed by atoms with Crippen LogP contribution in [0.5, 0.6) is 11.5 Å². The van der Waals surface area contributed by atoms with E-state index in [1.54, 1.807) is 0 Å². The Morgan fingerprint density at radius 1 is 1.34 bits per heavy atom. The number of hydrogen-bond donors (Lipinski definition) is 2. The van der Waals surface area contributed by atoms with Crippen molar-refractivity contribution in [3.63, 3.8) is 0 Å². The first-order valence-corrected chi connectivity index (χ1v) is 11.8. The fraction of sp³-hybridized carbons (Fsp3) is 0.600. The predicted octanol–water partition coefficient (Wildman–Crippen LogP) is 5.29. The number of unbranched alkanes of at least 4 members (excludes halogenated alkanes) is 2. The molecule has 0 radical (unpaired) electrons. The Morgan fingerprint density at radius 2 is 2.16 bits per heavy atom. The number of carbonyl (C=O) groups excluding carboxylic acids is 1. The third-order valence-corrected chi connectivity index (χ3v) is 6.96. The van der Waals surface area contributed by atoms with E-state index in [1.807, 2.05) is 6.07 Å². The molecule has 2 N–H and O–H groups in total. The monoisotopic (exact) mass is 438 g/mol. The first-order chi connectivity index (χ1) is 15.3. The quantitative estimate of drug-likeness (QED) is 0.447. The van der Waals surface area contributed by atoms with Gasteiger partial charge in [0.05, 0.1) is 17.8 Å². The fourth-order valence-corrected chi connectivity index (χ4v) is 5.23. The average molecular weight is 439 g/mol. The van der Waals surface area contributed by atoms with Gasteiger partial charge in [-0.2, -0.15) is 5.11 Å². The number of carbonyl (C=O) groups is 1. The molecule has 0 spiro atoms. The van der Waals surface area contributed by atoms with Crippen molar-refractivity contribution in [1.82, 2.24) is 5.32 Å². The van der Waals surface area contributed by atoms with Crippen molar-refractivity contribution >= 4 is 11.6 Å². The maximum atomic E-state index is 13.3. The van der Waals surface area contributed by atoms with Crippen LogP contribution in [0, 0.1) is 5.92 Å². The smallest absolute Gasteiger partial charge is 0.255 e. The molecule has 2 unspecified atom stereocenters. The van der Waals surface area contributed by atoms with Crippen LogP contribution in [0.4, 0.5) is 0 Å². The molecule has 3 aliphatic rings. The van der Waals surface area contributed by atoms with E-state index in [0.29, 0.717) is 23.6 Å². The van der Waals surface area contributed by atoms with Gasteiger partial charge in [-0.05, 0) is 63.3 Å². The zero-order valence-corrected chi connectivity index (χ0v) is 19.6. The largest absolute Gasteiger partial charge is 0.507 e. The summed E-state index contributed by atoms with van der Waals surface area (Å²) in [4.78, 5) is 13.3. The number of rotatable bonds is 7. The molecule has 0 fully saturated rings. The molecule has 1 aliphatic carbocycles. The molecule has 1 amide bonds. The van der Waals surface area contributed by atoms with E-state index in [2.05, 4.69) is 54.5 Å². The van der Waals surface area contributed by atoms with Gasteiger partial charge in [-0.1, -0.05) is 31.4 Å². The lowest BCUT2D eigenvalue weighted by molar-refractivity contribution is 0.0107. The zero-order valence-electron chi connectivity index (χ0n) is 19.6. The first kappa shape index (κ1) is 22.5. The van der Waals surface area contributed by atoms with Gasteiger partial charge in [0.15, 0.2) is 0 Å². The van der Waals surface area contributed by atoms with E-state index in [1.165, 1.54) is 5.57 Å². The van der Waals surface area contributed by atoms with Crippen LogP contribution in [0.2, 0.25) is 0 Å². The summed E-state index contributed by atoms with van der Waals surface area (Å²) in [7, 11) is 0. The van der Waals surface area contributed by atoms with E-state index < -0.39 is 0 Å². The van der Waals surface area contributed by atoms with Crippen molar-refractivity contribution < 1.29 is 14.6 Å². The number of amides is 1. The Morgan fingerprint density at radius 3 is 2.88 bits per heavy atom. The highest BCUT2D eigenvalue weighted by atomic mass is 16.5. The molecule has 7 heteroatoms. The fourth-order valence-electron chi connectivity index (χ4n) is 5.23. The lowest BCUT2D eigenvalue weighted by Crippen LogP contribution is -2.45. The molecular weight excluding hydrogens is 404 g/mol. The summed E-state index contributed by atoms with van der Waals surface area (Å²) < 4.78 is 6.46. The maximum absolute atomic E-state index is 13.3. The van der Waals surface area contributed by atoms with Gasteiger partial charge in [0.25, 0.3) is 5.91 Å². The van der Waals surface area contributed by atoms with Crippen molar-refractivity contribution in [1.29, 1.82) is 0 Å². The van der Waals surface area contributed by atoms with Gasteiger partial charge in [0.2, 0.25) is 0 Å². The minimum absolute atomic E-state index is 0.0375. The second-order valence-corrected chi connectivity index (χ2v) is 9.76. The number of phenolic OH excluding ortho intramolecular Hbond substituents is 1. The van der Waals surface area contributed by atoms with Crippen LogP contribution in [0.15, 0.2) is 33.2 Å². The molecule has 0 saturated heterocycles. The number of phenols is 1. The summed E-state index contributed by atoms with van der Waals surface area (Å²) in [6.07, 6.45) is 8.12. The van der Waals surface area contributed by atoms with Crippen molar-refractivity contribution in [3.05, 3.63) is 34.4 Å². The highest BCUT2D eigenvalue weighted by Crippen LogP contribution is 2.54. The molecule has 4 rings (SSSR count). The lowest BCUT2D eigenvalue weighted by atomic mass is 9.67. The van der Waals surface area contributed by atoms with E-state index in [-0.39, 0.29) is 35.6 Å².